The zero-order valence-electron chi connectivity index (χ0n) is 9.49. The molecule has 0 aliphatic heterocycles. The lowest BCUT2D eigenvalue weighted by molar-refractivity contribution is -0.138. The van der Waals surface area contributed by atoms with E-state index in [1.54, 1.807) is 0 Å². The summed E-state index contributed by atoms with van der Waals surface area (Å²) in [6.07, 6.45) is 0.505. The van der Waals surface area contributed by atoms with Crippen molar-refractivity contribution in [1.82, 2.24) is 20.2 Å². The summed E-state index contributed by atoms with van der Waals surface area (Å²) in [4.78, 5) is 10.9. The molecule has 19 heavy (non-hydrogen) atoms. The number of halogens is 2. The van der Waals surface area contributed by atoms with Crippen LogP contribution in [0.25, 0.3) is 5.69 Å². The van der Waals surface area contributed by atoms with Crippen LogP contribution in [0, 0.1) is 11.7 Å². The molecule has 3 rings (SSSR count). The van der Waals surface area contributed by atoms with E-state index in [4.69, 9.17) is 16.7 Å². The first-order valence-electron chi connectivity index (χ1n) is 5.54. The molecule has 1 aromatic carbocycles. The van der Waals surface area contributed by atoms with Gasteiger partial charge in [-0.1, -0.05) is 11.6 Å². The third-order valence-electron chi connectivity index (χ3n) is 3.08. The summed E-state index contributed by atoms with van der Waals surface area (Å²) in [7, 11) is 0. The maximum atomic E-state index is 13.1. The van der Waals surface area contributed by atoms with Crippen molar-refractivity contribution in [2.75, 3.05) is 0 Å². The molecule has 2 atom stereocenters. The molecule has 6 nitrogen and oxygen atoms in total. The fourth-order valence-electron chi connectivity index (χ4n) is 1.98. The van der Waals surface area contributed by atoms with E-state index in [0.717, 1.165) is 0 Å². The van der Waals surface area contributed by atoms with Crippen LogP contribution in [0.1, 0.15) is 18.2 Å². The highest BCUT2D eigenvalue weighted by Crippen LogP contribution is 2.46. The lowest BCUT2D eigenvalue weighted by Gasteiger charge is -2.04. The Morgan fingerprint density at radius 3 is 2.95 bits per heavy atom. The van der Waals surface area contributed by atoms with Gasteiger partial charge >= 0.3 is 5.97 Å². The van der Waals surface area contributed by atoms with Crippen LogP contribution in [-0.2, 0) is 4.79 Å². The first kappa shape index (κ1) is 12.0. The molecule has 1 heterocycles. The fraction of sp³-hybridized carbons (Fsp3) is 0.273. The number of benzene rings is 1. The molecule has 0 radical (unpaired) electrons. The molecule has 1 aliphatic rings. The number of carboxylic acids is 1. The molecule has 8 heteroatoms. The van der Waals surface area contributed by atoms with Crippen molar-refractivity contribution >= 4 is 17.6 Å². The van der Waals surface area contributed by atoms with Gasteiger partial charge in [0.05, 0.1) is 16.6 Å². The largest absolute Gasteiger partial charge is 0.481 e. The third kappa shape index (κ3) is 2.06. The molecule has 1 fully saturated rings. The third-order valence-corrected chi connectivity index (χ3v) is 3.37. The monoisotopic (exact) mass is 282 g/mol. The van der Waals surface area contributed by atoms with E-state index in [0.29, 0.717) is 17.9 Å². The number of aliphatic carboxylic acids is 1. The number of tetrazole rings is 1. The highest BCUT2D eigenvalue weighted by atomic mass is 35.5. The summed E-state index contributed by atoms with van der Waals surface area (Å²) < 4.78 is 14.5. The van der Waals surface area contributed by atoms with E-state index >= 15 is 0 Å². The maximum Gasteiger partial charge on any atom is 0.307 e. The minimum absolute atomic E-state index is 0.0375. The van der Waals surface area contributed by atoms with E-state index < -0.39 is 17.7 Å². The highest BCUT2D eigenvalue weighted by Gasteiger charge is 2.47. The van der Waals surface area contributed by atoms with Crippen LogP contribution >= 0.6 is 11.6 Å². The molecular formula is C11H8ClFN4O2. The summed E-state index contributed by atoms with van der Waals surface area (Å²) in [6, 6.07) is 4.10. The predicted octanol–water partition coefficient (Wildman–Crippen LogP) is 1.64. The molecule has 0 bridgehead atoms. The highest BCUT2D eigenvalue weighted by molar-refractivity contribution is 6.30. The molecule has 0 amide bonds. The van der Waals surface area contributed by atoms with Gasteiger partial charge in [-0.15, -0.1) is 5.10 Å². The first-order valence-corrected chi connectivity index (χ1v) is 5.92. The summed E-state index contributed by atoms with van der Waals surface area (Å²) >= 11 is 5.71. The second kappa shape index (κ2) is 4.27. The minimum Gasteiger partial charge on any atom is -0.481 e. The Bertz CT molecular complexity index is 660. The molecule has 0 saturated heterocycles. The topological polar surface area (TPSA) is 80.9 Å². The van der Waals surface area contributed by atoms with Crippen LogP contribution in [0.4, 0.5) is 4.39 Å². The van der Waals surface area contributed by atoms with Crippen molar-refractivity contribution in [2.24, 2.45) is 5.92 Å². The molecule has 1 saturated carbocycles. The number of aromatic nitrogens is 4. The smallest absolute Gasteiger partial charge is 0.307 e. The van der Waals surface area contributed by atoms with Crippen molar-refractivity contribution in [3.05, 3.63) is 34.9 Å². The number of rotatable bonds is 3. The Kier molecular flexibility index (Phi) is 2.70. The summed E-state index contributed by atoms with van der Waals surface area (Å²) in [6.45, 7) is 0. The van der Waals surface area contributed by atoms with Crippen molar-refractivity contribution in [3.63, 3.8) is 0 Å². The molecule has 0 spiro atoms. The van der Waals surface area contributed by atoms with Crippen molar-refractivity contribution in [2.45, 2.75) is 12.3 Å². The van der Waals surface area contributed by atoms with Gasteiger partial charge in [0.15, 0.2) is 5.82 Å². The Labute approximate surface area is 111 Å². The Morgan fingerprint density at radius 1 is 1.53 bits per heavy atom. The van der Waals surface area contributed by atoms with E-state index in [9.17, 15) is 9.18 Å². The standard InChI is InChI=1S/C11H8ClFN4O2/c12-8-3-5(1-2-9(8)13)17-10(14-15-16-17)6-4-7(6)11(18)19/h1-3,6-7H,4H2,(H,18,19). The van der Waals surface area contributed by atoms with Gasteiger partial charge in [0.1, 0.15) is 5.82 Å². The number of nitrogens with zero attached hydrogens (tertiary/aromatic N) is 4. The quantitative estimate of drug-likeness (QED) is 0.925. The van der Waals surface area contributed by atoms with Gasteiger partial charge in [0.25, 0.3) is 0 Å². The lowest BCUT2D eigenvalue weighted by Crippen LogP contribution is -2.06. The summed E-state index contributed by atoms with van der Waals surface area (Å²) in [5, 5.41) is 20.1. The Balaban J connectivity index is 1.96. The fourth-order valence-corrected chi connectivity index (χ4v) is 2.15. The molecular weight excluding hydrogens is 275 g/mol. The number of carboxylic acid groups (broad SMARTS) is 1. The second-order valence-corrected chi connectivity index (χ2v) is 4.74. The normalized spacial score (nSPS) is 21.4. The SMILES string of the molecule is O=C(O)C1CC1c1nnnn1-c1ccc(F)c(Cl)c1. The average Bonchev–Trinajstić information content (AvgIpc) is 3.03. The molecule has 98 valence electrons. The van der Waals surface area contributed by atoms with Crippen LogP contribution in [-0.4, -0.2) is 31.3 Å². The summed E-state index contributed by atoms with van der Waals surface area (Å²) in [5.74, 6) is -1.61. The van der Waals surface area contributed by atoms with Crippen LogP contribution < -0.4 is 0 Å². The average molecular weight is 283 g/mol. The van der Waals surface area contributed by atoms with E-state index in [1.807, 2.05) is 0 Å². The first-order chi connectivity index (χ1) is 9.08. The van der Waals surface area contributed by atoms with Gasteiger partial charge in [-0.2, -0.15) is 4.68 Å². The number of hydrogen-bond acceptors (Lipinski definition) is 4. The van der Waals surface area contributed by atoms with Crippen molar-refractivity contribution in [3.8, 4) is 5.69 Å². The molecule has 2 aromatic rings. The van der Waals surface area contributed by atoms with Crippen LogP contribution in [0.2, 0.25) is 5.02 Å². The predicted molar refractivity (Wildman–Crippen MR) is 62.6 cm³/mol. The summed E-state index contributed by atoms with van der Waals surface area (Å²) in [5.41, 5.74) is 0.502. The van der Waals surface area contributed by atoms with E-state index in [1.165, 1.54) is 22.9 Å². The molecule has 2 unspecified atom stereocenters. The minimum atomic E-state index is -0.864. The second-order valence-electron chi connectivity index (χ2n) is 4.33. The van der Waals surface area contributed by atoms with Gasteiger partial charge in [-0.05, 0) is 35.0 Å². The van der Waals surface area contributed by atoms with Gasteiger partial charge in [0, 0.05) is 5.92 Å². The van der Waals surface area contributed by atoms with Gasteiger partial charge in [0.2, 0.25) is 0 Å². The molecule has 1 aromatic heterocycles. The van der Waals surface area contributed by atoms with Crippen LogP contribution in [0.3, 0.4) is 0 Å². The van der Waals surface area contributed by atoms with E-state index in [2.05, 4.69) is 15.5 Å². The number of carbonyl (C=O) groups is 1. The Morgan fingerprint density at radius 2 is 2.32 bits per heavy atom. The Hall–Kier alpha value is -2.02. The van der Waals surface area contributed by atoms with Gasteiger partial charge in [-0.3, -0.25) is 4.79 Å². The van der Waals surface area contributed by atoms with Crippen molar-refractivity contribution < 1.29 is 14.3 Å². The van der Waals surface area contributed by atoms with Crippen LogP contribution in [0.15, 0.2) is 18.2 Å². The number of hydrogen-bond donors (Lipinski definition) is 1. The lowest BCUT2D eigenvalue weighted by atomic mass is 10.2. The van der Waals surface area contributed by atoms with Crippen molar-refractivity contribution in [1.29, 1.82) is 0 Å². The zero-order chi connectivity index (χ0) is 13.6. The maximum absolute atomic E-state index is 13.1. The molecule has 1 N–H and O–H groups in total. The molecule has 1 aliphatic carbocycles. The van der Waals surface area contributed by atoms with Gasteiger partial charge in [-0.25, -0.2) is 4.39 Å². The van der Waals surface area contributed by atoms with E-state index in [-0.39, 0.29) is 10.9 Å². The zero-order valence-corrected chi connectivity index (χ0v) is 10.3. The van der Waals surface area contributed by atoms with Gasteiger partial charge < -0.3 is 5.11 Å². The van der Waals surface area contributed by atoms with Crippen LogP contribution in [0.5, 0.6) is 0 Å².